The average molecular weight is 172 g/mol. The predicted molar refractivity (Wildman–Crippen MR) is 42.8 cm³/mol. The number of hydrogen-bond donors (Lipinski definition) is 2. The zero-order chi connectivity index (χ0) is 9.72. The second kappa shape index (κ2) is 4.54. The van der Waals surface area contributed by atoms with Crippen LogP contribution in [0.4, 0.5) is 0 Å². The molecule has 4 nitrogen and oxygen atoms in total. The third-order valence-electron chi connectivity index (χ3n) is 1.37. The van der Waals surface area contributed by atoms with Gasteiger partial charge in [-0.2, -0.15) is 0 Å². The van der Waals surface area contributed by atoms with Gasteiger partial charge in [0.1, 0.15) is 0 Å². The van der Waals surface area contributed by atoms with Crippen LogP contribution in [0.15, 0.2) is 12.2 Å². The van der Waals surface area contributed by atoms with E-state index in [1.54, 1.807) is 6.92 Å². The van der Waals surface area contributed by atoms with Crippen molar-refractivity contribution in [2.24, 2.45) is 5.92 Å². The van der Waals surface area contributed by atoms with Crippen LogP contribution in [0.1, 0.15) is 19.8 Å². The molecule has 1 unspecified atom stereocenters. The first-order chi connectivity index (χ1) is 5.43. The minimum absolute atomic E-state index is 0.224. The molecule has 0 aromatic heterocycles. The summed E-state index contributed by atoms with van der Waals surface area (Å²) in [7, 11) is 0. The van der Waals surface area contributed by atoms with Gasteiger partial charge in [0.05, 0.1) is 12.3 Å². The van der Waals surface area contributed by atoms with Gasteiger partial charge in [0.15, 0.2) is 0 Å². The Bertz CT molecular complexity index is 191. The summed E-state index contributed by atoms with van der Waals surface area (Å²) in [4.78, 5) is 20.7. The molecule has 0 bridgehead atoms. The van der Waals surface area contributed by atoms with Crippen LogP contribution in [0.25, 0.3) is 0 Å². The minimum atomic E-state index is -1.09. The van der Waals surface area contributed by atoms with Gasteiger partial charge in [-0.15, -0.1) is 6.58 Å². The van der Waals surface area contributed by atoms with Crippen LogP contribution in [0.5, 0.6) is 0 Å². The molecule has 0 rings (SSSR count). The van der Waals surface area contributed by atoms with Crippen LogP contribution >= 0.6 is 0 Å². The zero-order valence-electron chi connectivity index (χ0n) is 6.91. The highest BCUT2D eigenvalue weighted by Gasteiger charge is 2.20. The van der Waals surface area contributed by atoms with Crippen molar-refractivity contribution in [3.63, 3.8) is 0 Å². The smallest absolute Gasteiger partial charge is 0.307 e. The predicted octanol–water partition coefficient (Wildman–Crippen LogP) is 1.13. The van der Waals surface area contributed by atoms with Crippen LogP contribution in [-0.2, 0) is 9.59 Å². The molecule has 0 spiro atoms. The molecule has 0 saturated heterocycles. The van der Waals surface area contributed by atoms with E-state index in [2.05, 4.69) is 6.58 Å². The lowest BCUT2D eigenvalue weighted by Gasteiger charge is -2.08. The van der Waals surface area contributed by atoms with Gasteiger partial charge in [-0.1, -0.05) is 5.57 Å². The Kier molecular flexibility index (Phi) is 4.04. The van der Waals surface area contributed by atoms with E-state index in [1.165, 1.54) is 0 Å². The highest BCUT2D eigenvalue weighted by atomic mass is 16.4. The number of hydrogen-bond acceptors (Lipinski definition) is 2. The maximum Gasteiger partial charge on any atom is 0.307 e. The summed E-state index contributed by atoms with van der Waals surface area (Å²) >= 11 is 0. The third kappa shape index (κ3) is 4.49. The standard InChI is InChI=1S/C8H12O4/c1-5(2)3-6(8(11)12)4-7(9)10/h6H,1,3-4H2,2H3,(H,9,10)(H,11,12). The van der Waals surface area contributed by atoms with Gasteiger partial charge in [-0.3, -0.25) is 9.59 Å². The van der Waals surface area contributed by atoms with Crippen LogP contribution in [0.3, 0.4) is 0 Å². The van der Waals surface area contributed by atoms with Crippen molar-refractivity contribution in [2.75, 3.05) is 0 Å². The van der Waals surface area contributed by atoms with Crippen molar-refractivity contribution >= 4 is 11.9 Å². The molecule has 0 aliphatic carbocycles. The molecule has 0 aliphatic rings. The summed E-state index contributed by atoms with van der Waals surface area (Å²) in [5.74, 6) is -3.02. The molecule has 0 aromatic carbocycles. The highest BCUT2D eigenvalue weighted by molar-refractivity contribution is 5.77. The first-order valence-electron chi connectivity index (χ1n) is 3.52. The number of rotatable bonds is 5. The van der Waals surface area contributed by atoms with Crippen molar-refractivity contribution < 1.29 is 19.8 Å². The van der Waals surface area contributed by atoms with E-state index in [4.69, 9.17) is 10.2 Å². The molecule has 0 amide bonds. The zero-order valence-corrected chi connectivity index (χ0v) is 6.91. The highest BCUT2D eigenvalue weighted by Crippen LogP contribution is 2.13. The van der Waals surface area contributed by atoms with Gasteiger partial charge in [0, 0.05) is 0 Å². The fourth-order valence-corrected chi connectivity index (χ4v) is 0.878. The third-order valence-corrected chi connectivity index (χ3v) is 1.37. The summed E-state index contributed by atoms with van der Waals surface area (Å²) < 4.78 is 0. The van der Waals surface area contributed by atoms with Crippen LogP contribution in [0.2, 0.25) is 0 Å². The number of allylic oxidation sites excluding steroid dienone is 1. The SMILES string of the molecule is C=C(C)CC(CC(=O)O)C(=O)O. The van der Waals surface area contributed by atoms with E-state index in [-0.39, 0.29) is 12.8 Å². The van der Waals surface area contributed by atoms with E-state index >= 15 is 0 Å². The molecule has 2 N–H and O–H groups in total. The average Bonchev–Trinajstić information content (AvgIpc) is 1.83. The number of carbonyl (C=O) groups is 2. The quantitative estimate of drug-likeness (QED) is 0.609. The second-order valence-electron chi connectivity index (χ2n) is 2.79. The fraction of sp³-hybridized carbons (Fsp3) is 0.500. The summed E-state index contributed by atoms with van der Waals surface area (Å²) in [6.07, 6.45) is -0.121. The molecular weight excluding hydrogens is 160 g/mol. The summed E-state index contributed by atoms with van der Waals surface area (Å²) in [6, 6.07) is 0. The Hall–Kier alpha value is -1.32. The summed E-state index contributed by atoms with van der Waals surface area (Å²) in [5, 5.41) is 16.9. The minimum Gasteiger partial charge on any atom is -0.481 e. The number of aliphatic carboxylic acids is 2. The van der Waals surface area contributed by atoms with E-state index in [9.17, 15) is 9.59 Å². The Morgan fingerprint density at radius 1 is 1.33 bits per heavy atom. The van der Waals surface area contributed by atoms with Crippen LogP contribution < -0.4 is 0 Å². The second-order valence-corrected chi connectivity index (χ2v) is 2.79. The summed E-state index contributed by atoms with van der Waals surface area (Å²) in [5.41, 5.74) is 0.684. The van der Waals surface area contributed by atoms with Crippen molar-refractivity contribution in [1.29, 1.82) is 0 Å². The van der Waals surface area contributed by atoms with E-state index < -0.39 is 17.9 Å². The molecule has 12 heavy (non-hydrogen) atoms. The fourth-order valence-electron chi connectivity index (χ4n) is 0.878. The Morgan fingerprint density at radius 2 is 1.83 bits per heavy atom. The first-order valence-corrected chi connectivity index (χ1v) is 3.52. The van der Waals surface area contributed by atoms with Crippen LogP contribution in [0, 0.1) is 5.92 Å². The lowest BCUT2D eigenvalue weighted by molar-refractivity contribution is -0.148. The summed E-state index contributed by atoms with van der Waals surface area (Å²) in [6.45, 7) is 5.21. The molecule has 68 valence electrons. The Balaban J connectivity index is 4.14. The lowest BCUT2D eigenvalue weighted by atomic mass is 9.98. The lowest BCUT2D eigenvalue weighted by Crippen LogP contribution is -2.17. The molecule has 0 radical (unpaired) electrons. The van der Waals surface area contributed by atoms with Gasteiger partial charge in [0.2, 0.25) is 0 Å². The number of carboxylic acids is 2. The molecular formula is C8H12O4. The molecule has 0 fully saturated rings. The maximum atomic E-state index is 10.5. The largest absolute Gasteiger partial charge is 0.481 e. The monoisotopic (exact) mass is 172 g/mol. The van der Waals surface area contributed by atoms with Gasteiger partial charge >= 0.3 is 11.9 Å². The molecule has 4 heteroatoms. The normalized spacial score (nSPS) is 12.1. The van der Waals surface area contributed by atoms with Crippen molar-refractivity contribution in [3.8, 4) is 0 Å². The maximum absolute atomic E-state index is 10.5. The Labute approximate surface area is 70.5 Å². The van der Waals surface area contributed by atoms with Crippen molar-refractivity contribution in [3.05, 3.63) is 12.2 Å². The Morgan fingerprint density at radius 3 is 2.08 bits per heavy atom. The molecule has 0 saturated carbocycles. The van der Waals surface area contributed by atoms with Gasteiger partial charge in [0.25, 0.3) is 0 Å². The van der Waals surface area contributed by atoms with Crippen molar-refractivity contribution in [2.45, 2.75) is 19.8 Å². The molecule has 0 aromatic rings. The number of carboxylic acid groups (broad SMARTS) is 2. The van der Waals surface area contributed by atoms with Gasteiger partial charge in [-0.05, 0) is 13.3 Å². The van der Waals surface area contributed by atoms with Crippen molar-refractivity contribution in [1.82, 2.24) is 0 Å². The first kappa shape index (κ1) is 10.7. The topological polar surface area (TPSA) is 74.6 Å². The van der Waals surface area contributed by atoms with E-state index in [1.807, 2.05) is 0 Å². The van der Waals surface area contributed by atoms with E-state index in [0.717, 1.165) is 0 Å². The molecule has 1 atom stereocenters. The van der Waals surface area contributed by atoms with Gasteiger partial charge < -0.3 is 10.2 Å². The molecule has 0 aliphatic heterocycles. The molecule has 0 heterocycles. The van der Waals surface area contributed by atoms with Crippen LogP contribution in [-0.4, -0.2) is 22.2 Å². The van der Waals surface area contributed by atoms with Gasteiger partial charge in [-0.25, -0.2) is 0 Å². The van der Waals surface area contributed by atoms with E-state index in [0.29, 0.717) is 5.57 Å².